The van der Waals surface area contributed by atoms with E-state index in [1.807, 2.05) is 12.1 Å². The molecular formula is C20H28N2O3. The van der Waals surface area contributed by atoms with E-state index in [2.05, 4.69) is 22.3 Å². The molecule has 2 aliphatic heterocycles. The lowest BCUT2D eigenvalue weighted by Crippen LogP contribution is -2.53. The molecule has 3 fully saturated rings. The summed E-state index contributed by atoms with van der Waals surface area (Å²) in [5.41, 5.74) is 1.26. The monoisotopic (exact) mass is 344 g/mol. The number of hydrogen-bond donors (Lipinski definition) is 1. The van der Waals surface area contributed by atoms with Crippen LogP contribution in [-0.4, -0.2) is 49.8 Å². The van der Waals surface area contributed by atoms with E-state index in [4.69, 9.17) is 9.47 Å². The van der Waals surface area contributed by atoms with Crippen molar-refractivity contribution in [2.75, 3.05) is 26.8 Å². The van der Waals surface area contributed by atoms with Crippen molar-refractivity contribution in [1.82, 2.24) is 10.2 Å². The molecule has 0 unspecified atom stereocenters. The zero-order valence-corrected chi connectivity index (χ0v) is 14.9. The zero-order chi connectivity index (χ0) is 17.2. The van der Waals surface area contributed by atoms with Crippen molar-refractivity contribution in [3.63, 3.8) is 0 Å². The lowest BCUT2D eigenvalue weighted by molar-refractivity contribution is -0.142. The average molecular weight is 344 g/mol. The molecule has 5 nitrogen and oxygen atoms in total. The highest BCUT2D eigenvalue weighted by molar-refractivity contribution is 5.79. The van der Waals surface area contributed by atoms with Gasteiger partial charge in [0.15, 0.2) is 0 Å². The van der Waals surface area contributed by atoms with Crippen molar-refractivity contribution in [3.8, 4) is 5.75 Å². The Labute approximate surface area is 149 Å². The molecule has 2 saturated heterocycles. The first-order valence-electron chi connectivity index (χ1n) is 9.50. The van der Waals surface area contributed by atoms with Gasteiger partial charge in [-0.05, 0) is 43.4 Å². The van der Waals surface area contributed by atoms with Gasteiger partial charge in [-0.15, -0.1) is 0 Å². The van der Waals surface area contributed by atoms with Crippen LogP contribution >= 0.6 is 0 Å². The quantitative estimate of drug-likeness (QED) is 0.890. The molecule has 25 heavy (non-hydrogen) atoms. The van der Waals surface area contributed by atoms with Crippen LogP contribution in [0.15, 0.2) is 24.3 Å². The van der Waals surface area contributed by atoms with Crippen LogP contribution in [0.4, 0.5) is 0 Å². The molecule has 0 spiro atoms. The second-order valence-corrected chi connectivity index (χ2v) is 7.63. The molecule has 3 aliphatic rings. The molecule has 0 aromatic heterocycles. The van der Waals surface area contributed by atoms with E-state index in [0.29, 0.717) is 12.0 Å². The number of piperidine rings is 1. The average Bonchev–Trinajstić information content (AvgIpc) is 3.45. The summed E-state index contributed by atoms with van der Waals surface area (Å²) in [7, 11) is 1.70. The van der Waals surface area contributed by atoms with E-state index in [9.17, 15) is 4.79 Å². The molecule has 1 aliphatic carbocycles. The third kappa shape index (κ3) is 3.98. The van der Waals surface area contributed by atoms with Crippen LogP contribution in [0.25, 0.3) is 0 Å². The molecule has 1 aromatic rings. The number of ether oxygens (including phenoxy) is 2. The second kappa shape index (κ2) is 7.34. The third-order valence-corrected chi connectivity index (χ3v) is 5.75. The number of carbonyl (C=O) groups excluding carboxylic acids is 1. The molecule has 1 aromatic carbocycles. The fourth-order valence-electron chi connectivity index (χ4n) is 4.22. The molecule has 4 rings (SSSR count). The minimum Gasteiger partial charge on any atom is -0.497 e. The van der Waals surface area contributed by atoms with Crippen molar-refractivity contribution in [3.05, 3.63) is 29.8 Å². The van der Waals surface area contributed by atoms with Crippen LogP contribution in [-0.2, 0) is 16.1 Å². The first-order chi connectivity index (χ1) is 12.2. The summed E-state index contributed by atoms with van der Waals surface area (Å²) in [5.74, 6) is 1.57. The van der Waals surface area contributed by atoms with Crippen LogP contribution in [0.5, 0.6) is 5.75 Å². The summed E-state index contributed by atoms with van der Waals surface area (Å²) in [6, 6.07) is 8.69. The Balaban J connectivity index is 1.41. The third-order valence-electron chi connectivity index (χ3n) is 5.75. The highest BCUT2D eigenvalue weighted by Crippen LogP contribution is 2.34. The molecule has 1 saturated carbocycles. The Morgan fingerprint density at radius 2 is 2.20 bits per heavy atom. The second-order valence-electron chi connectivity index (χ2n) is 7.63. The summed E-state index contributed by atoms with van der Waals surface area (Å²) in [6.07, 6.45) is 4.40. The Hall–Kier alpha value is -1.59. The Kier molecular flexibility index (Phi) is 4.95. The highest BCUT2D eigenvalue weighted by atomic mass is 16.5. The van der Waals surface area contributed by atoms with Crippen molar-refractivity contribution in [2.45, 2.75) is 44.4 Å². The predicted molar refractivity (Wildman–Crippen MR) is 95.4 cm³/mol. The number of fused-ring (bicyclic) bond motifs is 1. The number of rotatable bonds is 5. The van der Waals surface area contributed by atoms with Gasteiger partial charge in [0, 0.05) is 44.1 Å². The summed E-state index contributed by atoms with van der Waals surface area (Å²) < 4.78 is 11.3. The van der Waals surface area contributed by atoms with Crippen molar-refractivity contribution in [2.24, 2.45) is 11.8 Å². The standard InChI is InChI=1S/C20H28N2O3/c1-24-16-4-2-3-14(11-16)12-22-9-7-19-18(13-22)17(8-10-25-19)20(23)21-15-5-6-15/h2-4,11,15,17-19H,5-10,12-13H2,1H3,(H,21,23)/t17-,18+,19-/m1/s1. The SMILES string of the molecule is COc1cccc(CN2CC[C@H]3OCC[C@@H](C(=O)NC4CC4)[C@@H]3C2)c1. The minimum absolute atomic E-state index is 0.104. The van der Waals surface area contributed by atoms with Crippen LogP contribution in [0.2, 0.25) is 0 Å². The summed E-state index contributed by atoms with van der Waals surface area (Å²) in [6.45, 7) is 3.58. The molecule has 5 heteroatoms. The number of nitrogens with zero attached hydrogens (tertiary/aromatic N) is 1. The van der Waals surface area contributed by atoms with E-state index < -0.39 is 0 Å². The van der Waals surface area contributed by atoms with E-state index in [1.165, 1.54) is 5.56 Å². The van der Waals surface area contributed by atoms with Gasteiger partial charge in [0.05, 0.1) is 13.2 Å². The largest absolute Gasteiger partial charge is 0.497 e. The van der Waals surface area contributed by atoms with Crippen LogP contribution < -0.4 is 10.1 Å². The zero-order valence-electron chi connectivity index (χ0n) is 14.9. The Morgan fingerprint density at radius 3 is 3.00 bits per heavy atom. The number of benzene rings is 1. The Morgan fingerprint density at radius 1 is 1.32 bits per heavy atom. The van der Waals surface area contributed by atoms with Gasteiger partial charge >= 0.3 is 0 Å². The van der Waals surface area contributed by atoms with Crippen LogP contribution in [0.3, 0.4) is 0 Å². The van der Waals surface area contributed by atoms with Crippen molar-refractivity contribution < 1.29 is 14.3 Å². The van der Waals surface area contributed by atoms with Crippen molar-refractivity contribution >= 4 is 5.91 Å². The van der Waals surface area contributed by atoms with Gasteiger partial charge in [0.2, 0.25) is 5.91 Å². The van der Waals surface area contributed by atoms with E-state index in [1.54, 1.807) is 7.11 Å². The molecule has 1 amide bonds. The number of amides is 1. The lowest BCUT2D eigenvalue weighted by atomic mass is 9.79. The first kappa shape index (κ1) is 16.9. The number of methoxy groups -OCH3 is 1. The smallest absolute Gasteiger partial charge is 0.223 e. The molecular weight excluding hydrogens is 316 g/mol. The van der Waals surface area contributed by atoms with Crippen LogP contribution in [0, 0.1) is 11.8 Å². The van der Waals surface area contributed by atoms with E-state index >= 15 is 0 Å². The molecule has 3 atom stereocenters. The molecule has 136 valence electrons. The molecule has 1 N–H and O–H groups in total. The molecule has 2 heterocycles. The summed E-state index contributed by atoms with van der Waals surface area (Å²) in [5, 5.41) is 3.21. The predicted octanol–water partition coefficient (Wildman–Crippen LogP) is 2.20. The highest BCUT2D eigenvalue weighted by Gasteiger charge is 2.42. The minimum atomic E-state index is 0.104. The Bertz CT molecular complexity index is 617. The maximum atomic E-state index is 12.7. The normalized spacial score (nSPS) is 29.7. The lowest BCUT2D eigenvalue weighted by Gasteiger charge is -2.44. The maximum Gasteiger partial charge on any atom is 0.223 e. The molecule has 0 bridgehead atoms. The fourth-order valence-corrected chi connectivity index (χ4v) is 4.22. The van der Waals surface area contributed by atoms with Gasteiger partial charge in [0.1, 0.15) is 5.75 Å². The van der Waals surface area contributed by atoms with E-state index in [-0.39, 0.29) is 17.9 Å². The van der Waals surface area contributed by atoms with Gasteiger partial charge in [-0.2, -0.15) is 0 Å². The van der Waals surface area contributed by atoms with Gasteiger partial charge in [-0.3, -0.25) is 9.69 Å². The van der Waals surface area contributed by atoms with Gasteiger partial charge in [0.25, 0.3) is 0 Å². The molecule has 0 radical (unpaired) electrons. The number of likely N-dealkylation sites (tertiary alicyclic amines) is 1. The maximum absolute atomic E-state index is 12.7. The van der Waals surface area contributed by atoms with Gasteiger partial charge < -0.3 is 14.8 Å². The van der Waals surface area contributed by atoms with Gasteiger partial charge in [-0.1, -0.05) is 12.1 Å². The fraction of sp³-hybridized carbons (Fsp3) is 0.650. The van der Waals surface area contributed by atoms with Crippen molar-refractivity contribution in [1.29, 1.82) is 0 Å². The number of hydrogen-bond acceptors (Lipinski definition) is 4. The van der Waals surface area contributed by atoms with Gasteiger partial charge in [-0.25, -0.2) is 0 Å². The number of nitrogens with one attached hydrogen (secondary N) is 1. The van der Waals surface area contributed by atoms with Crippen LogP contribution in [0.1, 0.15) is 31.2 Å². The first-order valence-corrected chi connectivity index (χ1v) is 9.50. The number of carbonyl (C=O) groups is 1. The topological polar surface area (TPSA) is 50.8 Å². The summed E-state index contributed by atoms with van der Waals surface area (Å²) >= 11 is 0. The summed E-state index contributed by atoms with van der Waals surface area (Å²) in [4.78, 5) is 15.1. The van der Waals surface area contributed by atoms with E-state index in [0.717, 1.165) is 57.7 Å².